The molecule has 1 saturated heterocycles. The van der Waals surface area contributed by atoms with E-state index in [0.29, 0.717) is 31.1 Å². The van der Waals surface area contributed by atoms with Crippen LogP contribution in [0.3, 0.4) is 0 Å². The highest BCUT2D eigenvalue weighted by atomic mass is 19.4. The Kier molecular flexibility index (Phi) is 4.34. The van der Waals surface area contributed by atoms with Crippen LogP contribution in [0.4, 0.5) is 17.6 Å². The highest BCUT2D eigenvalue weighted by molar-refractivity contribution is 5.51. The van der Waals surface area contributed by atoms with Gasteiger partial charge in [-0.2, -0.15) is 13.2 Å². The van der Waals surface area contributed by atoms with Gasteiger partial charge in [0.2, 0.25) is 11.8 Å². The SMILES string of the molecule is Fc1ccc(-c2nnc(CN3CCC(C(F)(F)F)CC3)o2)cc1. The van der Waals surface area contributed by atoms with Crippen molar-refractivity contribution in [1.82, 2.24) is 15.1 Å². The molecule has 1 aliphatic heterocycles. The fraction of sp³-hybridized carbons (Fsp3) is 0.467. The summed E-state index contributed by atoms with van der Waals surface area (Å²) in [5.41, 5.74) is 0.598. The zero-order valence-electron chi connectivity index (χ0n) is 12.2. The van der Waals surface area contributed by atoms with E-state index >= 15 is 0 Å². The van der Waals surface area contributed by atoms with Crippen LogP contribution in [0, 0.1) is 11.7 Å². The van der Waals surface area contributed by atoms with Crippen LogP contribution in [0.1, 0.15) is 18.7 Å². The van der Waals surface area contributed by atoms with Crippen molar-refractivity contribution in [2.45, 2.75) is 25.6 Å². The first-order valence-corrected chi connectivity index (χ1v) is 7.29. The van der Waals surface area contributed by atoms with E-state index in [1.807, 2.05) is 4.90 Å². The largest absolute Gasteiger partial charge is 0.419 e. The summed E-state index contributed by atoms with van der Waals surface area (Å²) in [5, 5.41) is 7.79. The third-order valence-corrected chi connectivity index (χ3v) is 3.97. The van der Waals surface area contributed by atoms with Gasteiger partial charge in [0.05, 0.1) is 12.5 Å². The monoisotopic (exact) mass is 329 g/mol. The number of nitrogens with zero attached hydrogens (tertiary/aromatic N) is 3. The van der Waals surface area contributed by atoms with E-state index in [0.717, 1.165) is 0 Å². The fourth-order valence-electron chi connectivity index (χ4n) is 2.64. The average molecular weight is 329 g/mol. The minimum atomic E-state index is -4.12. The van der Waals surface area contributed by atoms with Gasteiger partial charge in [0, 0.05) is 5.56 Å². The van der Waals surface area contributed by atoms with Crippen molar-refractivity contribution in [3.8, 4) is 11.5 Å². The highest BCUT2D eigenvalue weighted by Crippen LogP contribution is 2.34. The minimum Gasteiger partial charge on any atom is -0.419 e. The predicted octanol–water partition coefficient (Wildman–Crippen LogP) is 3.65. The van der Waals surface area contributed by atoms with E-state index in [4.69, 9.17) is 4.42 Å². The average Bonchev–Trinajstić information content (AvgIpc) is 2.96. The first-order valence-electron chi connectivity index (χ1n) is 7.29. The van der Waals surface area contributed by atoms with Crippen LogP contribution in [0.5, 0.6) is 0 Å². The van der Waals surface area contributed by atoms with Gasteiger partial charge in [0.15, 0.2) is 0 Å². The number of hydrogen-bond acceptors (Lipinski definition) is 4. The van der Waals surface area contributed by atoms with Crippen molar-refractivity contribution in [1.29, 1.82) is 0 Å². The Morgan fingerprint density at radius 1 is 1.09 bits per heavy atom. The molecule has 4 nitrogen and oxygen atoms in total. The number of halogens is 4. The standard InChI is InChI=1S/C15H15F4N3O/c16-12-3-1-10(2-4-12)14-21-20-13(23-14)9-22-7-5-11(6-8-22)15(17,18)19/h1-4,11H,5-9H2. The van der Waals surface area contributed by atoms with Crippen LogP contribution in [-0.4, -0.2) is 34.4 Å². The molecule has 1 aromatic carbocycles. The molecule has 0 aliphatic carbocycles. The van der Waals surface area contributed by atoms with Gasteiger partial charge in [-0.3, -0.25) is 4.90 Å². The minimum absolute atomic E-state index is 0.0858. The van der Waals surface area contributed by atoms with E-state index in [2.05, 4.69) is 10.2 Å². The molecule has 0 saturated carbocycles. The van der Waals surface area contributed by atoms with Gasteiger partial charge in [0.25, 0.3) is 0 Å². The first kappa shape index (κ1) is 15.9. The summed E-state index contributed by atoms with van der Waals surface area (Å²) in [4.78, 5) is 1.87. The van der Waals surface area contributed by atoms with Crippen molar-refractivity contribution < 1.29 is 22.0 Å². The van der Waals surface area contributed by atoms with Crippen molar-refractivity contribution >= 4 is 0 Å². The van der Waals surface area contributed by atoms with Crippen LogP contribution < -0.4 is 0 Å². The third-order valence-electron chi connectivity index (χ3n) is 3.97. The topological polar surface area (TPSA) is 42.2 Å². The Hall–Kier alpha value is -1.96. The van der Waals surface area contributed by atoms with Gasteiger partial charge in [-0.25, -0.2) is 4.39 Å². The van der Waals surface area contributed by atoms with Gasteiger partial charge in [0.1, 0.15) is 5.82 Å². The van der Waals surface area contributed by atoms with Gasteiger partial charge in [-0.05, 0) is 50.2 Å². The van der Waals surface area contributed by atoms with Crippen molar-refractivity contribution in [3.05, 3.63) is 36.0 Å². The van der Waals surface area contributed by atoms with Crippen LogP contribution in [0.25, 0.3) is 11.5 Å². The quantitative estimate of drug-likeness (QED) is 0.806. The predicted molar refractivity (Wildman–Crippen MR) is 73.7 cm³/mol. The molecule has 0 radical (unpaired) electrons. The number of benzene rings is 1. The van der Waals surface area contributed by atoms with E-state index in [1.165, 1.54) is 24.3 Å². The number of hydrogen-bond donors (Lipinski definition) is 0. The zero-order chi connectivity index (χ0) is 16.4. The number of rotatable bonds is 3. The maximum absolute atomic E-state index is 12.9. The second-order valence-electron chi connectivity index (χ2n) is 5.60. The molecule has 124 valence electrons. The van der Waals surface area contributed by atoms with E-state index in [-0.39, 0.29) is 24.5 Å². The molecule has 2 heterocycles. The molecule has 8 heteroatoms. The molecule has 1 fully saturated rings. The summed E-state index contributed by atoms with van der Waals surface area (Å²) >= 11 is 0. The first-order chi connectivity index (χ1) is 10.9. The third kappa shape index (κ3) is 3.87. The lowest BCUT2D eigenvalue weighted by Crippen LogP contribution is -2.38. The molecule has 2 aromatic rings. The van der Waals surface area contributed by atoms with Crippen molar-refractivity contribution in [2.75, 3.05) is 13.1 Å². The molecule has 23 heavy (non-hydrogen) atoms. The number of alkyl halides is 3. The number of piperidine rings is 1. The summed E-state index contributed by atoms with van der Waals surface area (Å²) in [5.74, 6) is -0.975. The second-order valence-corrected chi connectivity index (χ2v) is 5.60. The van der Waals surface area contributed by atoms with Crippen LogP contribution in [0.15, 0.2) is 28.7 Å². The molecule has 0 amide bonds. The number of likely N-dealkylation sites (tertiary alicyclic amines) is 1. The summed E-state index contributed by atoms with van der Waals surface area (Å²) < 4.78 is 56.3. The lowest BCUT2D eigenvalue weighted by molar-refractivity contribution is -0.185. The normalized spacial score (nSPS) is 17.6. The molecular weight excluding hydrogens is 314 g/mol. The Bertz CT molecular complexity index is 645. The second kappa shape index (κ2) is 6.27. The van der Waals surface area contributed by atoms with Gasteiger partial charge in [-0.15, -0.1) is 10.2 Å². The molecule has 0 atom stereocenters. The van der Waals surface area contributed by atoms with Gasteiger partial charge in [-0.1, -0.05) is 0 Å². The summed E-state index contributed by atoms with van der Waals surface area (Å²) in [6, 6.07) is 5.64. The summed E-state index contributed by atoms with van der Waals surface area (Å²) in [7, 11) is 0. The number of aromatic nitrogens is 2. The molecule has 1 aromatic heterocycles. The lowest BCUT2D eigenvalue weighted by atomic mass is 9.96. The maximum atomic E-state index is 12.9. The molecule has 0 N–H and O–H groups in total. The summed E-state index contributed by atoms with van der Waals surface area (Å²) in [6.45, 7) is 1.01. The molecule has 0 bridgehead atoms. The highest BCUT2D eigenvalue weighted by Gasteiger charge is 2.41. The Labute approximate surface area is 130 Å². The summed E-state index contributed by atoms with van der Waals surface area (Å²) in [6.07, 6.45) is -3.95. The molecule has 3 rings (SSSR count). The van der Waals surface area contributed by atoms with Crippen molar-refractivity contribution in [3.63, 3.8) is 0 Å². The van der Waals surface area contributed by atoms with Crippen LogP contribution >= 0.6 is 0 Å². The van der Waals surface area contributed by atoms with E-state index < -0.39 is 12.1 Å². The van der Waals surface area contributed by atoms with Crippen molar-refractivity contribution in [2.24, 2.45) is 5.92 Å². The Balaban J connectivity index is 1.59. The molecule has 0 unspecified atom stereocenters. The van der Waals surface area contributed by atoms with Crippen LogP contribution in [0.2, 0.25) is 0 Å². The van der Waals surface area contributed by atoms with Gasteiger partial charge >= 0.3 is 6.18 Å². The maximum Gasteiger partial charge on any atom is 0.391 e. The Morgan fingerprint density at radius 3 is 2.35 bits per heavy atom. The fourth-order valence-corrected chi connectivity index (χ4v) is 2.64. The molecular formula is C15H15F4N3O. The van der Waals surface area contributed by atoms with Gasteiger partial charge < -0.3 is 4.42 Å². The smallest absolute Gasteiger partial charge is 0.391 e. The van der Waals surface area contributed by atoms with Crippen LogP contribution in [-0.2, 0) is 6.54 Å². The lowest BCUT2D eigenvalue weighted by Gasteiger charge is -2.31. The van der Waals surface area contributed by atoms with E-state index in [1.54, 1.807) is 0 Å². The molecule has 1 aliphatic rings. The van der Waals surface area contributed by atoms with E-state index in [9.17, 15) is 17.6 Å². The zero-order valence-corrected chi connectivity index (χ0v) is 12.2. The Morgan fingerprint density at radius 2 is 1.74 bits per heavy atom. The molecule has 0 spiro atoms.